The molecule has 4 nitrogen and oxygen atoms in total. The Morgan fingerprint density at radius 1 is 1.22 bits per heavy atom. The van der Waals surface area contributed by atoms with E-state index in [1.165, 1.54) is 12.1 Å². The summed E-state index contributed by atoms with van der Waals surface area (Å²) in [6.45, 7) is 10.00. The normalized spacial score (nSPS) is 15.5. The van der Waals surface area contributed by atoms with E-state index in [2.05, 4.69) is 0 Å². The fourth-order valence-electron chi connectivity index (χ4n) is 2.49. The summed E-state index contributed by atoms with van der Waals surface area (Å²) in [7, 11) is 0. The average Bonchev–Trinajstić information content (AvgIpc) is 2.32. The van der Waals surface area contributed by atoms with Gasteiger partial charge in [-0.2, -0.15) is 0 Å². The molecule has 0 unspecified atom stereocenters. The Morgan fingerprint density at radius 3 is 2.35 bits per heavy atom. The summed E-state index contributed by atoms with van der Waals surface area (Å²) in [4.78, 5) is 25.6. The number of amides is 1. The maximum absolute atomic E-state index is 13.8. The average molecular weight is 321 g/mol. The minimum Gasteiger partial charge on any atom is -0.444 e. The Kier molecular flexibility index (Phi) is 4.78. The number of ether oxygens (including phenoxy) is 1. The van der Waals surface area contributed by atoms with Gasteiger partial charge in [0.15, 0.2) is 5.78 Å². The Labute approximate surface area is 136 Å². The Morgan fingerprint density at radius 2 is 1.83 bits per heavy atom. The third-order valence-corrected chi connectivity index (χ3v) is 3.73. The van der Waals surface area contributed by atoms with Gasteiger partial charge in [0.25, 0.3) is 0 Å². The second-order valence-electron chi connectivity index (χ2n) is 7.37. The molecule has 0 atom stereocenters. The molecule has 0 bridgehead atoms. The molecule has 1 aromatic rings. The van der Waals surface area contributed by atoms with Crippen molar-refractivity contribution in [3.63, 3.8) is 0 Å². The highest BCUT2D eigenvalue weighted by Gasteiger charge is 2.35. The molecule has 0 radical (unpaired) electrons. The van der Waals surface area contributed by atoms with Gasteiger partial charge in [-0.05, 0) is 44.5 Å². The number of nitrogens with zero attached hydrogens (tertiary/aromatic N) is 1. The fraction of sp³-hybridized carbons (Fsp3) is 0.556. The molecule has 126 valence electrons. The molecule has 0 N–H and O–H groups in total. The minimum atomic E-state index is -0.530. The molecule has 0 aromatic heterocycles. The molecule has 1 saturated heterocycles. The number of ketones is 1. The SMILES string of the molecule is CC(C)C(=O)c1cc(F)cc(C2CN(C(=O)OC(C)(C)C)C2)c1. The molecule has 1 aliphatic heterocycles. The van der Waals surface area contributed by atoms with Gasteiger partial charge in [-0.1, -0.05) is 13.8 Å². The van der Waals surface area contributed by atoms with Crippen LogP contribution in [0, 0.1) is 11.7 Å². The monoisotopic (exact) mass is 321 g/mol. The topological polar surface area (TPSA) is 46.6 Å². The number of halogens is 1. The van der Waals surface area contributed by atoms with Crippen LogP contribution in [0.15, 0.2) is 18.2 Å². The van der Waals surface area contributed by atoms with Crippen molar-refractivity contribution in [3.05, 3.63) is 35.1 Å². The van der Waals surface area contributed by atoms with Crippen molar-refractivity contribution >= 4 is 11.9 Å². The van der Waals surface area contributed by atoms with E-state index in [1.54, 1.807) is 24.8 Å². The quantitative estimate of drug-likeness (QED) is 0.791. The lowest BCUT2D eigenvalue weighted by atomic mass is 9.89. The van der Waals surface area contributed by atoms with E-state index in [9.17, 15) is 14.0 Å². The fourth-order valence-corrected chi connectivity index (χ4v) is 2.49. The number of hydrogen-bond acceptors (Lipinski definition) is 3. The van der Waals surface area contributed by atoms with E-state index in [1.807, 2.05) is 20.8 Å². The van der Waals surface area contributed by atoms with Crippen LogP contribution in [-0.4, -0.2) is 35.5 Å². The number of hydrogen-bond donors (Lipinski definition) is 0. The molecule has 1 aromatic carbocycles. The lowest BCUT2D eigenvalue weighted by Gasteiger charge is -2.40. The Hall–Kier alpha value is -1.91. The first kappa shape index (κ1) is 17.4. The summed E-state index contributed by atoms with van der Waals surface area (Å²) in [6.07, 6.45) is -0.358. The second kappa shape index (κ2) is 6.30. The first-order valence-electron chi connectivity index (χ1n) is 7.89. The van der Waals surface area contributed by atoms with Crippen LogP contribution in [0.3, 0.4) is 0 Å². The van der Waals surface area contributed by atoms with Gasteiger partial charge in [-0.3, -0.25) is 4.79 Å². The second-order valence-corrected chi connectivity index (χ2v) is 7.37. The van der Waals surface area contributed by atoms with Gasteiger partial charge >= 0.3 is 6.09 Å². The van der Waals surface area contributed by atoms with Crippen LogP contribution in [0.5, 0.6) is 0 Å². The highest BCUT2D eigenvalue weighted by atomic mass is 19.1. The molecule has 1 aliphatic rings. The van der Waals surface area contributed by atoms with Gasteiger partial charge in [-0.25, -0.2) is 9.18 Å². The lowest BCUT2D eigenvalue weighted by molar-refractivity contribution is 0.00816. The molecule has 0 aliphatic carbocycles. The molecule has 23 heavy (non-hydrogen) atoms. The highest BCUT2D eigenvalue weighted by molar-refractivity contribution is 5.97. The van der Waals surface area contributed by atoms with Gasteiger partial charge in [0.2, 0.25) is 0 Å². The van der Waals surface area contributed by atoms with Crippen molar-refractivity contribution in [2.45, 2.75) is 46.1 Å². The number of rotatable bonds is 3. The van der Waals surface area contributed by atoms with Crippen LogP contribution in [-0.2, 0) is 4.74 Å². The first-order valence-corrected chi connectivity index (χ1v) is 7.89. The van der Waals surface area contributed by atoms with Crippen molar-refractivity contribution in [1.82, 2.24) is 4.90 Å². The summed E-state index contributed by atoms with van der Waals surface area (Å²) in [5, 5.41) is 0. The van der Waals surface area contributed by atoms with Crippen molar-refractivity contribution in [3.8, 4) is 0 Å². The summed E-state index contributed by atoms with van der Waals surface area (Å²) < 4.78 is 19.1. The standard InChI is InChI=1S/C18H24FNO3/c1-11(2)16(21)13-6-12(7-15(19)8-13)14-9-20(10-14)17(22)23-18(3,4)5/h6-8,11,14H,9-10H2,1-5H3. The predicted molar refractivity (Wildman–Crippen MR) is 86.1 cm³/mol. The third-order valence-electron chi connectivity index (χ3n) is 3.73. The molecule has 1 heterocycles. The number of carbonyl (C=O) groups is 2. The molecular formula is C18H24FNO3. The zero-order valence-corrected chi connectivity index (χ0v) is 14.4. The van der Waals surface area contributed by atoms with Gasteiger partial charge in [0, 0.05) is 30.5 Å². The highest BCUT2D eigenvalue weighted by Crippen LogP contribution is 2.30. The van der Waals surface area contributed by atoms with E-state index in [4.69, 9.17) is 4.74 Å². The third kappa shape index (κ3) is 4.30. The molecule has 1 fully saturated rings. The van der Waals surface area contributed by atoms with E-state index < -0.39 is 11.4 Å². The zero-order valence-electron chi connectivity index (χ0n) is 14.4. The van der Waals surface area contributed by atoms with Crippen LogP contribution in [0.2, 0.25) is 0 Å². The Bertz CT molecular complexity index is 613. The first-order chi connectivity index (χ1) is 10.6. The van der Waals surface area contributed by atoms with E-state index in [0.717, 1.165) is 5.56 Å². The number of benzene rings is 1. The van der Waals surface area contributed by atoms with Crippen LogP contribution in [0.25, 0.3) is 0 Å². The molecule has 5 heteroatoms. The summed E-state index contributed by atoms with van der Waals surface area (Å²) in [5.41, 5.74) is 0.622. The summed E-state index contributed by atoms with van der Waals surface area (Å²) >= 11 is 0. The van der Waals surface area contributed by atoms with Crippen LogP contribution in [0.1, 0.15) is 56.5 Å². The number of likely N-dealkylation sites (tertiary alicyclic amines) is 1. The minimum absolute atomic E-state index is 0.0388. The van der Waals surface area contributed by atoms with Gasteiger partial charge < -0.3 is 9.64 Å². The van der Waals surface area contributed by atoms with Gasteiger partial charge in [0.1, 0.15) is 11.4 Å². The van der Waals surface area contributed by atoms with Gasteiger partial charge in [0.05, 0.1) is 0 Å². The molecule has 0 spiro atoms. The maximum Gasteiger partial charge on any atom is 0.410 e. The maximum atomic E-state index is 13.8. The number of carbonyl (C=O) groups excluding carboxylic acids is 2. The number of Topliss-reactive ketones (excluding diaryl/α,β-unsaturated/α-hetero) is 1. The van der Waals surface area contributed by atoms with Crippen LogP contribution in [0.4, 0.5) is 9.18 Å². The van der Waals surface area contributed by atoms with E-state index >= 15 is 0 Å². The van der Waals surface area contributed by atoms with Crippen LogP contribution < -0.4 is 0 Å². The smallest absolute Gasteiger partial charge is 0.410 e. The molecule has 2 rings (SSSR count). The molecular weight excluding hydrogens is 297 g/mol. The van der Waals surface area contributed by atoms with Crippen molar-refractivity contribution in [2.24, 2.45) is 5.92 Å². The van der Waals surface area contributed by atoms with E-state index in [0.29, 0.717) is 18.7 Å². The van der Waals surface area contributed by atoms with Crippen LogP contribution >= 0.6 is 0 Å². The lowest BCUT2D eigenvalue weighted by Crippen LogP contribution is -2.50. The van der Waals surface area contributed by atoms with Crippen molar-refractivity contribution < 1.29 is 18.7 Å². The summed E-state index contributed by atoms with van der Waals surface area (Å²) in [6, 6.07) is 4.45. The molecule has 1 amide bonds. The van der Waals surface area contributed by atoms with E-state index in [-0.39, 0.29) is 23.7 Å². The van der Waals surface area contributed by atoms with Gasteiger partial charge in [-0.15, -0.1) is 0 Å². The largest absolute Gasteiger partial charge is 0.444 e. The van der Waals surface area contributed by atoms with Crippen molar-refractivity contribution in [2.75, 3.05) is 13.1 Å². The predicted octanol–water partition coefficient (Wildman–Crippen LogP) is 4.00. The zero-order chi connectivity index (χ0) is 17.4. The van der Waals surface area contributed by atoms with Crippen molar-refractivity contribution in [1.29, 1.82) is 0 Å². The Balaban J connectivity index is 2.05. The summed E-state index contributed by atoms with van der Waals surface area (Å²) in [5.74, 6) is -0.627. The molecule has 0 saturated carbocycles.